The topological polar surface area (TPSA) is 82.4 Å². The van der Waals surface area contributed by atoms with Crippen LogP contribution >= 0.6 is 23.4 Å². The van der Waals surface area contributed by atoms with Crippen molar-refractivity contribution in [3.8, 4) is 11.8 Å². The second-order valence-corrected chi connectivity index (χ2v) is 10.1. The van der Waals surface area contributed by atoms with Crippen LogP contribution in [0.15, 0.2) is 77.3 Å². The lowest BCUT2D eigenvalue weighted by atomic mass is 10.0. The number of halogens is 4. The second-order valence-electron chi connectivity index (χ2n) is 8.55. The molecule has 3 aromatic rings. The van der Waals surface area contributed by atoms with E-state index in [1.165, 1.54) is 12.0 Å². The summed E-state index contributed by atoms with van der Waals surface area (Å²) < 4.78 is 45.1. The van der Waals surface area contributed by atoms with Gasteiger partial charge in [-0.3, -0.25) is 14.5 Å². The average molecular weight is 572 g/mol. The Morgan fingerprint density at radius 2 is 1.85 bits per heavy atom. The molecule has 1 heterocycles. The fourth-order valence-electron chi connectivity index (χ4n) is 3.96. The van der Waals surface area contributed by atoms with Crippen LogP contribution in [-0.2, 0) is 22.2 Å². The molecule has 1 N–H and O–H groups in total. The number of hydrogen-bond donors (Lipinski definition) is 1. The molecule has 0 aliphatic carbocycles. The Bertz CT molecular complexity index is 1500. The lowest BCUT2D eigenvalue weighted by Gasteiger charge is -2.19. The van der Waals surface area contributed by atoms with Gasteiger partial charge in [0.2, 0.25) is 5.91 Å². The van der Waals surface area contributed by atoms with E-state index in [0.717, 1.165) is 35.5 Å². The number of benzene rings is 3. The SMILES string of the molecule is COc1ccc(N2C(=O)C(Cc3cc(C(F)(F)F)ccc3Cl)S/C2=C(/C#N)C(=O)Nc2ccccc2C)cc1. The molecule has 2 amide bonds. The van der Waals surface area contributed by atoms with E-state index in [1.807, 2.05) is 6.07 Å². The van der Waals surface area contributed by atoms with Gasteiger partial charge in [0.15, 0.2) is 0 Å². The maximum atomic E-state index is 13.7. The number of aryl methyl sites for hydroxylation is 1. The van der Waals surface area contributed by atoms with Crippen LogP contribution in [-0.4, -0.2) is 24.2 Å². The molecular formula is C28H21ClF3N3O3S. The van der Waals surface area contributed by atoms with Gasteiger partial charge in [-0.15, -0.1) is 0 Å². The summed E-state index contributed by atoms with van der Waals surface area (Å²) in [5.41, 5.74) is 0.537. The smallest absolute Gasteiger partial charge is 0.416 e. The maximum absolute atomic E-state index is 13.7. The number of nitriles is 1. The minimum Gasteiger partial charge on any atom is -0.497 e. The quantitative estimate of drug-likeness (QED) is 0.262. The molecule has 0 saturated carbocycles. The van der Waals surface area contributed by atoms with Gasteiger partial charge in [0.25, 0.3) is 5.91 Å². The summed E-state index contributed by atoms with van der Waals surface area (Å²) in [6.45, 7) is 1.79. The van der Waals surface area contributed by atoms with E-state index in [0.29, 0.717) is 17.1 Å². The van der Waals surface area contributed by atoms with Gasteiger partial charge < -0.3 is 10.1 Å². The molecule has 11 heteroatoms. The Hall–Kier alpha value is -3.94. The Kier molecular flexibility index (Phi) is 8.23. The number of hydrogen-bond acceptors (Lipinski definition) is 5. The van der Waals surface area contributed by atoms with E-state index < -0.39 is 28.8 Å². The molecule has 1 fully saturated rings. The van der Waals surface area contributed by atoms with E-state index in [2.05, 4.69) is 5.32 Å². The number of amides is 2. The molecule has 1 aliphatic heterocycles. The van der Waals surface area contributed by atoms with Gasteiger partial charge in [0.1, 0.15) is 22.4 Å². The Morgan fingerprint density at radius 1 is 1.15 bits per heavy atom. The average Bonchev–Trinajstić information content (AvgIpc) is 3.21. The van der Waals surface area contributed by atoms with Crippen molar-refractivity contribution in [3.63, 3.8) is 0 Å². The van der Waals surface area contributed by atoms with E-state index in [4.69, 9.17) is 16.3 Å². The molecule has 1 unspecified atom stereocenters. The highest BCUT2D eigenvalue weighted by Gasteiger charge is 2.41. The highest BCUT2D eigenvalue weighted by atomic mass is 35.5. The van der Waals surface area contributed by atoms with Crippen LogP contribution in [0.3, 0.4) is 0 Å². The number of para-hydroxylation sites is 1. The molecule has 3 aromatic carbocycles. The molecule has 6 nitrogen and oxygen atoms in total. The van der Waals surface area contributed by atoms with E-state index in [1.54, 1.807) is 55.5 Å². The van der Waals surface area contributed by atoms with Crippen LogP contribution in [0.4, 0.5) is 24.5 Å². The van der Waals surface area contributed by atoms with Crippen LogP contribution < -0.4 is 15.0 Å². The number of carbonyl (C=O) groups excluding carboxylic acids is 2. The first-order chi connectivity index (χ1) is 18.5. The standard InChI is InChI=1S/C28H21ClF3N3O3S/c1-16-5-3-4-6-23(16)34-25(36)21(15-33)27-35(19-8-10-20(38-2)11-9-19)26(37)24(39-27)14-17-13-18(28(30,31)32)7-12-22(17)29/h3-13,24H,14H2,1-2H3,(H,34,36)/b27-21-. The van der Waals surface area contributed by atoms with Crippen molar-refractivity contribution in [2.45, 2.75) is 24.8 Å². The van der Waals surface area contributed by atoms with E-state index >= 15 is 0 Å². The summed E-state index contributed by atoms with van der Waals surface area (Å²) in [5.74, 6) is -0.711. The minimum absolute atomic E-state index is 0.0619. The third-order valence-electron chi connectivity index (χ3n) is 6.01. The zero-order chi connectivity index (χ0) is 28.3. The molecule has 0 aromatic heterocycles. The van der Waals surface area contributed by atoms with Crippen molar-refractivity contribution in [1.29, 1.82) is 5.26 Å². The summed E-state index contributed by atoms with van der Waals surface area (Å²) in [7, 11) is 1.48. The van der Waals surface area contributed by atoms with Crippen LogP contribution in [0.2, 0.25) is 5.02 Å². The van der Waals surface area contributed by atoms with Crippen LogP contribution in [0.1, 0.15) is 16.7 Å². The molecule has 39 heavy (non-hydrogen) atoms. The first-order valence-electron chi connectivity index (χ1n) is 11.5. The number of nitrogens with zero attached hydrogens (tertiary/aromatic N) is 2. The highest BCUT2D eigenvalue weighted by Crippen LogP contribution is 2.43. The zero-order valence-corrected chi connectivity index (χ0v) is 22.2. The molecule has 200 valence electrons. The van der Waals surface area contributed by atoms with Gasteiger partial charge in [-0.2, -0.15) is 18.4 Å². The number of alkyl halides is 3. The van der Waals surface area contributed by atoms with Gasteiger partial charge in [0.05, 0.1) is 17.9 Å². The van der Waals surface area contributed by atoms with Crippen molar-refractivity contribution in [1.82, 2.24) is 0 Å². The van der Waals surface area contributed by atoms with Crippen molar-refractivity contribution in [2.24, 2.45) is 0 Å². The molecule has 1 atom stereocenters. The predicted octanol–water partition coefficient (Wildman–Crippen LogP) is 6.74. The van der Waals surface area contributed by atoms with Gasteiger partial charge in [-0.1, -0.05) is 41.6 Å². The van der Waals surface area contributed by atoms with Crippen molar-refractivity contribution in [3.05, 3.63) is 99.0 Å². The maximum Gasteiger partial charge on any atom is 0.416 e. The summed E-state index contributed by atoms with van der Waals surface area (Å²) in [5, 5.41) is 11.9. The lowest BCUT2D eigenvalue weighted by Crippen LogP contribution is -2.31. The zero-order valence-electron chi connectivity index (χ0n) is 20.7. The lowest BCUT2D eigenvalue weighted by molar-refractivity contribution is -0.137. The normalized spacial score (nSPS) is 16.6. The molecule has 0 radical (unpaired) electrons. The van der Waals surface area contributed by atoms with Gasteiger partial charge >= 0.3 is 6.18 Å². The highest BCUT2D eigenvalue weighted by molar-refractivity contribution is 8.05. The second kappa shape index (κ2) is 11.4. The Balaban J connectivity index is 1.76. The number of nitrogens with one attached hydrogen (secondary N) is 1. The summed E-state index contributed by atoms with van der Waals surface area (Å²) in [6.07, 6.45) is -4.74. The first-order valence-corrected chi connectivity index (χ1v) is 12.8. The molecule has 0 spiro atoms. The number of thioether (sulfide) groups is 1. The summed E-state index contributed by atoms with van der Waals surface area (Å²) in [6, 6.07) is 18.2. The van der Waals surface area contributed by atoms with Crippen molar-refractivity contribution < 1.29 is 27.5 Å². The van der Waals surface area contributed by atoms with Gasteiger partial charge in [-0.25, -0.2) is 0 Å². The molecular weight excluding hydrogens is 551 g/mol. The Labute approximate surface area is 232 Å². The number of rotatable bonds is 6. The van der Waals surface area contributed by atoms with Crippen LogP contribution in [0, 0.1) is 18.3 Å². The fourth-order valence-corrected chi connectivity index (χ4v) is 5.45. The van der Waals surface area contributed by atoms with Gasteiger partial charge in [-0.05, 0) is 73.0 Å². The minimum atomic E-state index is -4.59. The number of anilines is 2. The fraction of sp³-hybridized carbons (Fsp3) is 0.179. The predicted molar refractivity (Wildman–Crippen MR) is 144 cm³/mol. The summed E-state index contributed by atoms with van der Waals surface area (Å²) >= 11 is 7.12. The molecule has 1 saturated heterocycles. The van der Waals surface area contributed by atoms with E-state index in [9.17, 15) is 28.0 Å². The Morgan fingerprint density at radius 3 is 2.46 bits per heavy atom. The molecule has 0 bridgehead atoms. The number of ether oxygens (including phenoxy) is 1. The third kappa shape index (κ3) is 6.05. The van der Waals surface area contributed by atoms with Crippen molar-refractivity contribution in [2.75, 3.05) is 17.3 Å². The number of methoxy groups -OCH3 is 1. The molecule has 4 rings (SSSR count). The first kappa shape index (κ1) is 28.1. The van der Waals surface area contributed by atoms with Gasteiger partial charge in [0, 0.05) is 16.4 Å². The monoisotopic (exact) mass is 571 g/mol. The molecule has 1 aliphatic rings. The third-order valence-corrected chi connectivity index (χ3v) is 7.64. The largest absolute Gasteiger partial charge is 0.497 e. The van der Waals surface area contributed by atoms with E-state index in [-0.39, 0.29) is 27.6 Å². The summed E-state index contributed by atoms with van der Waals surface area (Å²) in [4.78, 5) is 28.1. The van der Waals surface area contributed by atoms with Crippen LogP contribution in [0.5, 0.6) is 5.75 Å². The van der Waals surface area contributed by atoms with Crippen LogP contribution in [0.25, 0.3) is 0 Å². The van der Waals surface area contributed by atoms with Crippen molar-refractivity contribution >= 4 is 46.6 Å². The number of carbonyl (C=O) groups is 2.